The molecule has 0 radical (unpaired) electrons. The third-order valence-corrected chi connectivity index (χ3v) is 6.96. The van der Waals surface area contributed by atoms with Gasteiger partial charge in [-0.3, -0.25) is 0 Å². The Labute approximate surface area is 259 Å². The van der Waals surface area contributed by atoms with Gasteiger partial charge in [0.05, 0.1) is 12.2 Å². The summed E-state index contributed by atoms with van der Waals surface area (Å²) < 4.78 is 306. The fraction of sp³-hybridized carbons (Fsp3) is 0.609. The molecular weight excluding hydrogens is 768 g/mol. The number of benzene rings is 1. The van der Waals surface area contributed by atoms with Crippen LogP contribution in [0.4, 0.5) is 87.8 Å². The van der Waals surface area contributed by atoms with Crippen molar-refractivity contribution < 1.29 is 110 Å². The second-order valence-corrected chi connectivity index (χ2v) is 10.9. The molecule has 284 valence electrons. The van der Waals surface area contributed by atoms with Crippen molar-refractivity contribution in [3.8, 4) is 0 Å². The van der Waals surface area contributed by atoms with E-state index in [0.717, 1.165) is 0 Å². The largest absolute Gasteiger partial charge is 0.534 e. The highest BCUT2D eigenvalue weighted by atomic mass is 32.2. The molecule has 1 rings (SSSR count). The zero-order valence-electron chi connectivity index (χ0n) is 23.4. The number of ether oxygens (including phenoxy) is 1. The first-order valence-corrected chi connectivity index (χ1v) is 13.6. The number of esters is 1. The molecule has 0 aliphatic rings. The summed E-state index contributed by atoms with van der Waals surface area (Å²) in [5, 5.41) is 0. The highest BCUT2D eigenvalue weighted by molar-refractivity contribution is 7.87. The summed E-state index contributed by atoms with van der Waals surface area (Å²) in [4.78, 5) is 11.8. The highest BCUT2D eigenvalue weighted by Crippen LogP contribution is 2.65. The van der Waals surface area contributed by atoms with Crippen molar-refractivity contribution in [3.05, 3.63) is 41.0 Å². The third kappa shape index (κ3) is 7.05. The van der Waals surface area contributed by atoms with E-state index in [1.165, 1.54) is 6.92 Å². The standard InChI is InChI=1S/C23H16F20O5S/c1-3-5-12(13(48-49(45,46)23(41,42)43)10-6-8-11(9-7-10)14(44)47-4-2)15(24,25)16(26,27)17(28,29)18(30,31)19(32,33)20(34,35)21(36,37)22(38,39)40/h6-9H,3-5H2,1-2H3/b13-12+. The fourth-order valence-electron chi connectivity index (χ4n) is 3.42. The van der Waals surface area contributed by atoms with Crippen LogP contribution in [0.3, 0.4) is 0 Å². The quantitative estimate of drug-likeness (QED) is 0.0619. The first-order valence-electron chi connectivity index (χ1n) is 12.2. The van der Waals surface area contributed by atoms with Crippen LogP contribution in [-0.4, -0.2) is 74.1 Å². The molecule has 0 atom stereocenters. The van der Waals surface area contributed by atoms with Gasteiger partial charge in [-0.1, -0.05) is 25.5 Å². The Kier molecular flexibility index (Phi) is 11.8. The number of hydrogen-bond acceptors (Lipinski definition) is 5. The fourth-order valence-corrected chi connectivity index (χ4v) is 3.93. The van der Waals surface area contributed by atoms with Gasteiger partial charge >= 0.3 is 69.2 Å². The Bertz CT molecular complexity index is 1490. The minimum atomic E-state index is -9.01. The predicted octanol–water partition coefficient (Wildman–Crippen LogP) is 9.25. The monoisotopic (exact) mass is 784 g/mol. The lowest BCUT2D eigenvalue weighted by atomic mass is 9.85. The molecule has 49 heavy (non-hydrogen) atoms. The molecule has 0 N–H and O–H groups in total. The molecule has 0 aliphatic heterocycles. The number of halogens is 20. The molecule has 26 heteroatoms. The van der Waals surface area contributed by atoms with Gasteiger partial charge in [-0.15, -0.1) is 0 Å². The Hall–Kier alpha value is -3.22. The van der Waals surface area contributed by atoms with E-state index in [4.69, 9.17) is 0 Å². The van der Waals surface area contributed by atoms with Crippen LogP contribution >= 0.6 is 0 Å². The molecule has 0 heterocycles. The summed E-state index contributed by atoms with van der Waals surface area (Å²) in [5.74, 6) is -64.0. The summed E-state index contributed by atoms with van der Waals surface area (Å²) >= 11 is 0. The van der Waals surface area contributed by atoms with Crippen LogP contribution in [0.2, 0.25) is 0 Å². The molecule has 1 aromatic rings. The molecule has 0 saturated carbocycles. The predicted molar refractivity (Wildman–Crippen MR) is 121 cm³/mol. The highest BCUT2D eigenvalue weighted by Gasteiger charge is 2.95. The zero-order chi connectivity index (χ0) is 39.3. The van der Waals surface area contributed by atoms with Crippen molar-refractivity contribution in [2.24, 2.45) is 0 Å². The van der Waals surface area contributed by atoms with E-state index in [9.17, 15) is 92.2 Å². The first kappa shape index (κ1) is 43.8. The van der Waals surface area contributed by atoms with Crippen molar-refractivity contribution in [2.45, 2.75) is 79.8 Å². The van der Waals surface area contributed by atoms with E-state index in [-0.39, 0.29) is 18.7 Å². The number of hydrogen-bond donors (Lipinski definition) is 0. The van der Waals surface area contributed by atoms with Crippen molar-refractivity contribution >= 4 is 21.8 Å². The van der Waals surface area contributed by atoms with Crippen molar-refractivity contribution in [3.63, 3.8) is 0 Å². The average molecular weight is 784 g/mol. The van der Waals surface area contributed by atoms with Crippen LogP contribution in [0.25, 0.3) is 5.76 Å². The minimum absolute atomic E-state index is 0.0953. The molecule has 0 aliphatic carbocycles. The number of carbonyl (C=O) groups is 1. The lowest BCUT2D eigenvalue weighted by molar-refractivity contribution is -0.460. The molecule has 0 spiro atoms. The second-order valence-electron chi connectivity index (χ2n) is 9.36. The van der Waals surface area contributed by atoms with E-state index in [2.05, 4.69) is 8.92 Å². The van der Waals surface area contributed by atoms with Gasteiger partial charge in [0.1, 0.15) is 0 Å². The third-order valence-electron chi connectivity index (χ3n) is 6.01. The van der Waals surface area contributed by atoms with Crippen LogP contribution in [0, 0.1) is 0 Å². The summed E-state index contributed by atoms with van der Waals surface area (Å²) in [5.41, 5.74) is -12.2. The lowest BCUT2D eigenvalue weighted by Gasteiger charge is -2.43. The van der Waals surface area contributed by atoms with Crippen molar-refractivity contribution in [1.82, 2.24) is 0 Å². The van der Waals surface area contributed by atoms with E-state index >= 15 is 8.78 Å². The number of allylic oxidation sites excluding steroid dienone is 1. The minimum Gasteiger partial charge on any atom is -0.462 e. The van der Waals surface area contributed by atoms with Gasteiger partial charge in [0.15, 0.2) is 5.76 Å². The first-order chi connectivity index (χ1) is 21.5. The Morgan fingerprint density at radius 1 is 0.592 bits per heavy atom. The van der Waals surface area contributed by atoms with Gasteiger partial charge in [-0.25, -0.2) is 4.79 Å². The van der Waals surface area contributed by atoms with Crippen LogP contribution < -0.4 is 0 Å². The SMILES string of the molecule is CCC/C(=C(\OS(=O)(=O)C(F)(F)F)c1ccc(C(=O)OCC)cc1)C(F)(F)C(F)(F)C(F)(F)C(F)(F)C(F)(F)C(F)(F)C(F)(F)C(F)(F)F. The van der Waals surface area contributed by atoms with E-state index in [1.807, 2.05) is 0 Å². The number of carbonyl (C=O) groups excluding carboxylic acids is 1. The van der Waals surface area contributed by atoms with Crippen molar-refractivity contribution in [1.29, 1.82) is 0 Å². The van der Waals surface area contributed by atoms with Gasteiger partial charge in [-0.2, -0.15) is 96.2 Å². The topological polar surface area (TPSA) is 69.7 Å². The Morgan fingerprint density at radius 2 is 0.959 bits per heavy atom. The van der Waals surface area contributed by atoms with Gasteiger partial charge in [0.25, 0.3) is 0 Å². The number of alkyl halides is 20. The number of rotatable bonds is 14. The Balaban J connectivity index is 4.24. The molecule has 5 nitrogen and oxygen atoms in total. The molecule has 0 amide bonds. The molecule has 1 aromatic carbocycles. The molecule has 0 aromatic heterocycles. The van der Waals surface area contributed by atoms with Gasteiger partial charge in [0.2, 0.25) is 0 Å². The maximum absolute atomic E-state index is 15.3. The molecular formula is C23H16F20O5S. The van der Waals surface area contributed by atoms with Gasteiger partial charge in [0, 0.05) is 11.1 Å². The molecule has 0 unspecified atom stereocenters. The van der Waals surface area contributed by atoms with Gasteiger partial charge < -0.3 is 8.92 Å². The van der Waals surface area contributed by atoms with Crippen LogP contribution in [0.15, 0.2) is 29.8 Å². The van der Waals surface area contributed by atoms with Crippen LogP contribution in [0.1, 0.15) is 42.6 Å². The van der Waals surface area contributed by atoms with Gasteiger partial charge in [-0.05, 0) is 25.5 Å². The molecule has 0 fully saturated rings. The summed E-state index contributed by atoms with van der Waals surface area (Å²) in [6.45, 7) is 1.44. The van der Waals surface area contributed by atoms with E-state index in [0.29, 0.717) is 19.1 Å². The maximum atomic E-state index is 15.3. The summed E-state index contributed by atoms with van der Waals surface area (Å²) in [7, 11) is -7.36. The zero-order valence-corrected chi connectivity index (χ0v) is 24.3. The van der Waals surface area contributed by atoms with Crippen LogP contribution in [0.5, 0.6) is 0 Å². The van der Waals surface area contributed by atoms with Crippen molar-refractivity contribution in [2.75, 3.05) is 6.61 Å². The average Bonchev–Trinajstić information content (AvgIpc) is 2.93. The van der Waals surface area contributed by atoms with Crippen LogP contribution in [-0.2, 0) is 19.0 Å². The lowest BCUT2D eigenvalue weighted by Crippen LogP contribution is -2.74. The smallest absolute Gasteiger partial charge is 0.462 e. The second kappa shape index (κ2) is 13.2. The van der Waals surface area contributed by atoms with E-state index < -0.39 is 105 Å². The van der Waals surface area contributed by atoms with E-state index in [1.54, 1.807) is 0 Å². The summed E-state index contributed by atoms with van der Waals surface area (Å²) in [6.07, 6.45) is -11.3. The maximum Gasteiger partial charge on any atom is 0.534 e. The molecule has 0 bridgehead atoms. The normalized spacial score (nSPS) is 15.6. The molecule has 0 saturated heterocycles. The summed E-state index contributed by atoms with van der Waals surface area (Å²) in [6, 6.07) is 0.919. The Morgan fingerprint density at radius 3 is 1.31 bits per heavy atom.